The third kappa shape index (κ3) is 3.67. The molecule has 0 saturated heterocycles. The van der Waals surface area contributed by atoms with Crippen LogP contribution >= 0.6 is 0 Å². The number of ketones is 1. The molecule has 0 unspecified atom stereocenters. The normalized spacial score (nSPS) is 13.2. The van der Waals surface area contributed by atoms with Gasteiger partial charge in [0.25, 0.3) is 0 Å². The molecule has 0 aliphatic rings. The van der Waals surface area contributed by atoms with E-state index in [2.05, 4.69) is 0 Å². The molecular formula is C10H18O2. The Kier molecular flexibility index (Phi) is 4.18. The van der Waals surface area contributed by atoms with Crippen molar-refractivity contribution in [2.45, 2.75) is 46.1 Å². The summed E-state index contributed by atoms with van der Waals surface area (Å²) in [6, 6.07) is 0. The van der Waals surface area contributed by atoms with Crippen LogP contribution in [-0.2, 0) is 4.79 Å². The van der Waals surface area contributed by atoms with E-state index in [0.29, 0.717) is 5.57 Å². The molecular weight excluding hydrogens is 152 g/mol. The van der Waals surface area contributed by atoms with Crippen molar-refractivity contribution in [1.29, 1.82) is 0 Å². The summed E-state index contributed by atoms with van der Waals surface area (Å²) < 4.78 is 0. The molecule has 0 heterocycles. The molecule has 0 saturated carbocycles. The van der Waals surface area contributed by atoms with Gasteiger partial charge in [-0.1, -0.05) is 19.4 Å². The Bertz CT molecular complexity index is 185. The molecule has 0 rings (SSSR count). The van der Waals surface area contributed by atoms with E-state index in [9.17, 15) is 9.90 Å². The molecule has 0 bridgehead atoms. The lowest BCUT2D eigenvalue weighted by molar-refractivity contribution is -0.115. The number of rotatable bonds is 4. The lowest BCUT2D eigenvalue weighted by Crippen LogP contribution is -2.26. The maximum absolute atomic E-state index is 11.1. The maximum Gasteiger partial charge on any atom is 0.158 e. The fraction of sp³-hybridized carbons (Fsp3) is 0.700. The van der Waals surface area contributed by atoms with Crippen molar-refractivity contribution >= 4 is 5.78 Å². The van der Waals surface area contributed by atoms with Crippen LogP contribution in [0.5, 0.6) is 0 Å². The second-order valence-corrected chi connectivity index (χ2v) is 3.52. The van der Waals surface area contributed by atoms with Gasteiger partial charge in [-0.3, -0.25) is 4.79 Å². The van der Waals surface area contributed by atoms with E-state index in [4.69, 9.17) is 0 Å². The van der Waals surface area contributed by atoms with Crippen LogP contribution in [0.1, 0.15) is 40.5 Å². The van der Waals surface area contributed by atoms with E-state index in [1.165, 1.54) is 6.92 Å². The predicted octanol–water partition coefficient (Wildman–Crippen LogP) is 2.07. The minimum absolute atomic E-state index is 0.0454. The van der Waals surface area contributed by atoms with E-state index >= 15 is 0 Å². The summed E-state index contributed by atoms with van der Waals surface area (Å²) >= 11 is 0. The molecule has 0 fully saturated rings. The van der Waals surface area contributed by atoms with Crippen molar-refractivity contribution in [2.24, 2.45) is 0 Å². The molecule has 2 nitrogen and oxygen atoms in total. The van der Waals surface area contributed by atoms with Crippen LogP contribution in [-0.4, -0.2) is 16.5 Å². The first-order valence-electron chi connectivity index (χ1n) is 4.33. The fourth-order valence-corrected chi connectivity index (χ4v) is 1.11. The minimum atomic E-state index is -0.999. The van der Waals surface area contributed by atoms with Gasteiger partial charge >= 0.3 is 0 Å². The van der Waals surface area contributed by atoms with Gasteiger partial charge in [-0.25, -0.2) is 0 Å². The van der Waals surface area contributed by atoms with Crippen molar-refractivity contribution in [3.05, 3.63) is 11.6 Å². The molecule has 12 heavy (non-hydrogen) atoms. The van der Waals surface area contributed by atoms with E-state index in [1.807, 2.05) is 13.0 Å². The Hall–Kier alpha value is -0.630. The molecule has 0 aromatic rings. The first-order valence-corrected chi connectivity index (χ1v) is 4.33. The van der Waals surface area contributed by atoms with E-state index < -0.39 is 5.60 Å². The quantitative estimate of drug-likeness (QED) is 0.656. The first kappa shape index (κ1) is 11.4. The van der Waals surface area contributed by atoms with Crippen LogP contribution in [0, 0.1) is 0 Å². The smallest absolute Gasteiger partial charge is 0.158 e. The summed E-state index contributed by atoms with van der Waals surface area (Å²) in [6.45, 7) is 6.80. The van der Waals surface area contributed by atoms with Gasteiger partial charge in [-0.05, 0) is 27.2 Å². The third-order valence-electron chi connectivity index (χ3n) is 1.68. The SMILES string of the molecule is CCCC=C(C(C)=O)C(C)(C)O. The highest BCUT2D eigenvalue weighted by molar-refractivity contribution is 5.94. The molecule has 0 aromatic heterocycles. The molecule has 1 N–H and O–H groups in total. The third-order valence-corrected chi connectivity index (χ3v) is 1.68. The van der Waals surface area contributed by atoms with Crippen LogP contribution in [0.4, 0.5) is 0 Å². The number of carbonyl (C=O) groups is 1. The summed E-state index contributed by atoms with van der Waals surface area (Å²) in [5, 5.41) is 9.59. The number of allylic oxidation sites excluding steroid dienone is 1. The monoisotopic (exact) mass is 170 g/mol. The van der Waals surface area contributed by atoms with E-state index in [1.54, 1.807) is 13.8 Å². The first-order chi connectivity index (χ1) is 5.39. The summed E-state index contributed by atoms with van der Waals surface area (Å²) in [5.41, 5.74) is -0.481. The number of unbranched alkanes of at least 4 members (excludes halogenated alkanes) is 1. The summed E-state index contributed by atoms with van der Waals surface area (Å²) in [7, 11) is 0. The zero-order valence-electron chi connectivity index (χ0n) is 8.35. The minimum Gasteiger partial charge on any atom is -0.386 e. The average molecular weight is 170 g/mol. The molecule has 0 atom stereocenters. The number of aliphatic hydroxyl groups is 1. The predicted molar refractivity (Wildman–Crippen MR) is 50.0 cm³/mol. The topological polar surface area (TPSA) is 37.3 Å². The van der Waals surface area contributed by atoms with Crippen molar-refractivity contribution in [3.63, 3.8) is 0 Å². The number of carbonyl (C=O) groups excluding carboxylic acids is 1. The Morgan fingerprint density at radius 1 is 1.50 bits per heavy atom. The Labute approximate surface area is 74.3 Å². The van der Waals surface area contributed by atoms with Crippen molar-refractivity contribution in [1.82, 2.24) is 0 Å². The molecule has 0 aliphatic heterocycles. The molecule has 0 aromatic carbocycles. The standard InChI is InChI=1S/C10H18O2/c1-5-6-7-9(8(2)11)10(3,4)12/h7,12H,5-6H2,1-4H3. The average Bonchev–Trinajstić information content (AvgIpc) is 1.84. The number of Topliss-reactive ketones (excluding diaryl/α,β-unsaturated/α-hetero) is 1. The highest BCUT2D eigenvalue weighted by Gasteiger charge is 2.22. The molecule has 0 radical (unpaired) electrons. The van der Waals surface area contributed by atoms with E-state index in [0.717, 1.165) is 12.8 Å². The van der Waals surface area contributed by atoms with Gasteiger partial charge in [0.05, 0.1) is 5.60 Å². The van der Waals surface area contributed by atoms with Gasteiger partial charge in [-0.15, -0.1) is 0 Å². The molecule has 2 heteroatoms. The maximum atomic E-state index is 11.1. The van der Waals surface area contributed by atoms with Crippen LogP contribution in [0.25, 0.3) is 0 Å². The zero-order chi connectivity index (χ0) is 9.78. The Morgan fingerprint density at radius 3 is 2.25 bits per heavy atom. The van der Waals surface area contributed by atoms with Gasteiger partial charge in [0.15, 0.2) is 5.78 Å². The van der Waals surface area contributed by atoms with Crippen LogP contribution in [0.2, 0.25) is 0 Å². The van der Waals surface area contributed by atoms with Gasteiger partial charge in [-0.2, -0.15) is 0 Å². The van der Waals surface area contributed by atoms with Crippen LogP contribution in [0.3, 0.4) is 0 Å². The van der Waals surface area contributed by atoms with Crippen molar-refractivity contribution in [3.8, 4) is 0 Å². The highest BCUT2D eigenvalue weighted by Crippen LogP contribution is 2.17. The molecule has 0 aliphatic carbocycles. The molecule has 70 valence electrons. The fourth-order valence-electron chi connectivity index (χ4n) is 1.11. The molecule has 0 amide bonds. The van der Waals surface area contributed by atoms with Crippen LogP contribution in [0.15, 0.2) is 11.6 Å². The zero-order valence-corrected chi connectivity index (χ0v) is 8.35. The van der Waals surface area contributed by atoms with Gasteiger partial charge < -0.3 is 5.11 Å². The van der Waals surface area contributed by atoms with Crippen LogP contribution < -0.4 is 0 Å². The highest BCUT2D eigenvalue weighted by atomic mass is 16.3. The van der Waals surface area contributed by atoms with Crippen molar-refractivity contribution < 1.29 is 9.90 Å². The molecule has 0 spiro atoms. The summed E-state index contributed by atoms with van der Waals surface area (Å²) in [6.07, 6.45) is 3.66. The van der Waals surface area contributed by atoms with Gasteiger partial charge in [0.2, 0.25) is 0 Å². The Balaban J connectivity index is 4.56. The summed E-state index contributed by atoms with van der Waals surface area (Å²) in [4.78, 5) is 11.1. The number of hydrogen-bond acceptors (Lipinski definition) is 2. The summed E-state index contributed by atoms with van der Waals surface area (Å²) in [5.74, 6) is -0.0454. The number of hydrogen-bond donors (Lipinski definition) is 1. The second-order valence-electron chi connectivity index (χ2n) is 3.52. The lowest BCUT2D eigenvalue weighted by Gasteiger charge is -2.19. The van der Waals surface area contributed by atoms with Gasteiger partial charge in [0.1, 0.15) is 0 Å². The van der Waals surface area contributed by atoms with Gasteiger partial charge in [0, 0.05) is 5.57 Å². The van der Waals surface area contributed by atoms with E-state index in [-0.39, 0.29) is 5.78 Å². The largest absolute Gasteiger partial charge is 0.386 e. The lowest BCUT2D eigenvalue weighted by atomic mass is 9.94. The second kappa shape index (κ2) is 4.41. The Morgan fingerprint density at radius 2 is 2.00 bits per heavy atom. The van der Waals surface area contributed by atoms with Crippen molar-refractivity contribution in [2.75, 3.05) is 0 Å².